The highest BCUT2D eigenvalue weighted by Crippen LogP contribution is 2.44. The van der Waals surface area contributed by atoms with Crippen molar-refractivity contribution in [3.05, 3.63) is 0 Å². The van der Waals surface area contributed by atoms with Gasteiger partial charge in [-0.3, -0.25) is 29.0 Å². The normalized spacial score (nSPS) is 42.4. The third kappa shape index (κ3) is 4.17. The van der Waals surface area contributed by atoms with Gasteiger partial charge in [0.25, 0.3) is 0 Å². The lowest BCUT2D eigenvalue weighted by Crippen LogP contribution is -2.43. The molecule has 0 aromatic heterocycles. The molecule has 6 aliphatic rings. The Kier molecular flexibility index (Phi) is 6.51. The zero-order chi connectivity index (χ0) is 24.1. The molecular weight excluding hydrogens is 440 g/mol. The smallest absolute Gasteiger partial charge is 0.233 e. The van der Waals surface area contributed by atoms with E-state index in [0.717, 1.165) is 103 Å². The molecule has 0 N–H and O–H groups in total. The van der Waals surface area contributed by atoms with Gasteiger partial charge in [-0.1, -0.05) is 25.7 Å². The molecule has 4 aliphatic carbocycles. The maximum atomic E-state index is 13.0. The highest BCUT2D eigenvalue weighted by Gasteiger charge is 2.52. The highest BCUT2D eigenvalue weighted by molar-refractivity contribution is 6.06. The SMILES string of the molecule is O=C1[C@H]2CCCC[C@H]2C(=O)N1C1CCC(CC2CCC(N3C(=O)[C@H]4CCCC[C@H]4C3=O)CC2)CC1. The van der Waals surface area contributed by atoms with Gasteiger partial charge in [0, 0.05) is 12.1 Å². The summed E-state index contributed by atoms with van der Waals surface area (Å²) in [6, 6.07) is 0.256. The lowest BCUT2D eigenvalue weighted by atomic mass is 9.75. The Bertz CT molecular complexity index is 752. The molecule has 2 saturated heterocycles. The van der Waals surface area contributed by atoms with Gasteiger partial charge < -0.3 is 0 Å². The molecule has 6 nitrogen and oxygen atoms in total. The number of carbonyl (C=O) groups excluding carboxylic acids is 4. The van der Waals surface area contributed by atoms with Crippen LogP contribution in [0, 0.1) is 35.5 Å². The average Bonchev–Trinajstić information content (AvgIpc) is 3.30. The molecule has 0 spiro atoms. The molecule has 6 heteroatoms. The summed E-state index contributed by atoms with van der Waals surface area (Å²) in [6.07, 6.45) is 17.5. The number of nitrogens with zero attached hydrogens (tertiary/aromatic N) is 2. The van der Waals surface area contributed by atoms with Crippen LogP contribution in [0.5, 0.6) is 0 Å². The first-order chi connectivity index (χ1) is 17.0. The predicted octanol–water partition coefficient (Wildman–Crippen LogP) is 4.84. The zero-order valence-electron chi connectivity index (χ0n) is 21.2. The molecule has 0 bridgehead atoms. The molecule has 6 rings (SSSR count). The minimum absolute atomic E-state index is 0.0255. The van der Waals surface area contributed by atoms with Gasteiger partial charge in [-0.05, 0) is 95.3 Å². The first kappa shape index (κ1) is 23.7. The van der Waals surface area contributed by atoms with Gasteiger partial charge in [-0.25, -0.2) is 0 Å². The molecule has 2 heterocycles. The van der Waals surface area contributed by atoms with E-state index in [-0.39, 0.29) is 59.4 Å². The van der Waals surface area contributed by atoms with Crippen molar-refractivity contribution < 1.29 is 19.2 Å². The van der Waals surface area contributed by atoms with Gasteiger partial charge in [-0.15, -0.1) is 0 Å². The molecule has 4 atom stereocenters. The molecule has 0 aromatic rings. The second kappa shape index (κ2) is 9.63. The first-order valence-electron chi connectivity index (χ1n) is 14.8. The van der Waals surface area contributed by atoms with E-state index in [4.69, 9.17) is 0 Å². The van der Waals surface area contributed by atoms with Gasteiger partial charge in [0.05, 0.1) is 23.7 Å². The summed E-state index contributed by atoms with van der Waals surface area (Å²) in [5, 5.41) is 0. The molecule has 2 aliphatic heterocycles. The van der Waals surface area contributed by atoms with E-state index in [0.29, 0.717) is 11.8 Å². The molecule has 0 unspecified atom stereocenters. The van der Waals surface area contributed by atoms with E-state index in [1.165, 1.54) is 6.42 Å². The fourth-order valence-electron chi connectivity index (χ4n) is 8.84. The van der Waals surface area contributed by atoms with Crippen LogP contribution in [0.15, 0.2) is 0 Å². The fraction of sp³-hybridized carbons (Fsp3) is 0.862. The second-order valence-electron chi connectivity index (χ2n) is 12.7. The second-order valence-corrected chi connectivity index (χ2v) is 12.7. The number of rotatable bonds is 4. The van der Waals surface area contributed by atoms with Crippen LogP contribution >= 0.6 is 0 Å². The van der Waals surface area contributed by atoms with Crippen LogP contribution in [0.1, 0.15) is 109 Å². The Morgan fingerprint density at radius 3 is 1.00 bits per heavy atom. The summed E-state index contributed by atoms with van der Waals surface area (Å²) in [7, 11) is 0. The zero-order valence-corrected chi connectivity index (χ0v) is 21.2. The van der Waals surface area contributed by atoms with Crippen LogP contribution in [0.25, 0.3) is 0 Å². The van der Waals surface area contributed by atoms with Gasteiger partial charge in [0.15, 0.2) is 0 Å². The Morgan fingerprint density at radius 1 is 0.429 bits per heavy atom. The van der Waals surface area contributed by atoms with Crippen LogP contribution < -0.4 is 0 Å². The van der Waals surface area contributed by atoms with Crippen LogP contribution in [0.2, 0.25) is 0 Å². The number of fused-ring (bicyclic) bond motifs is 2. The minimum atomic E-state index is -0.0255. The van der Waals surface area contributed by atoms with E-state index in [2.05, 4.69) is 0 Å². The monoisotopic (exact) mass is 482 g/mol. The summed E-state index contributed by atoms with van der Waals surface area (Å²) < 4.78 is 0. The van der Waals surface area contributed by atoms with Crippen molar-refractivity contribution in [3.63, 3.8) is 0 Å². The lowest BCUT2D eigenvalue weighted by Gasteiger charge is -2.38. The van der Waals surface area contributed by atoms with Crippen molar-refractivity contribution in [2.75, 3.05) is 0 Å². The van der Waals surface area contributed by atoms with Gasteiger partial charge in [0.1, 0.15) is 0 Å². The van der Waals surface area contributed by atoms with Crippen LogP contribution in [0.4, 0.5) is 0 Å². The maximum absolute atomic E-state index is 13.0. The number of likely N-dealkylation sites (tertiary alicyclic amines) is 2. The van der Waals surface area contributed by atoms with Crippen LogP contribution in [-0.2, 0) is 19.2 Å². The minimum Gasteiger partial charge on any atom is -0.279 e. The summed E-state index contributed by atoms with van der Waals surface area (Å²) >= 11 is 0. The van der Waals surface area contributed by atoms with Crippen molar-refractivity contribution in [1.29, 1.82) is 0 Å². The molecule has 4 saturated carbocycles. The fourth-order valence-corrected chi connectivity index (χ4v) is 8.84. The molecule has 35 heavy (non-hydrogen) atoms. The van der Waals surface area contributed by atoms with E-state index in [9.17, 15) is 19.2 Å². The number of hydrogen-bond donors (Lipinski definition) is 0. The third-order valence-electron chi connectivity index (χ3n) is 10.8. The summed E-state index contributed by atoms with van der Waals surface area (Å²) in [5.74, 6) is 1.79. The van der Waals surface area contributed by atoms with Crippen molar-refractivity contribution in [1.82, 2.24) is 9.80 Å². The van der Waals surface area contributed by atoms with E-state index < -0.39 is 0 Å². The number of amides is 4. The maximum Gasteiger partial charge on any atom is 0.233 e. The van der Waals surface area contributed by atoms with Crippen molar-refractivity contribution in [2.45, 2.75) is 121 Å². The van der Waals surface area contributed by atoms with Crippen LogP contribution in [0.3, 0.4) is 0 Å². The molecule has 0 aromatic carbocycles. The standard InChI is InChI=1S/C29H42N2O4/c32-26-22-5-1-2-6-23(22)27(33)30(26)20-13-9-18(10-14-20)17-19-11-15-21(16-12-19)31-28(34)24-7-3-4-8-25(24)29(31)35/h18-25H,1-17H2/t18?,19?,20?,21?,22-,23+,24-,25+. The van der Waals surface area contributed by atoms with Crippen molar-refractivity contribution >= 4 is 23.6 Å². The third-order valence-corrected chi connectivity index (χ3v) is 10.8. The average molecular weight is 483 g/mol. The number of carbonyl (C=O) groups is 4. The Balaban J connectivity index is 0.977. The van der Waals surface area contributed by atoms with Crippen molar-refractivity contribution in [3.8, 4) is 0 Å². The predicted molar refractivity (Wildman–Crippen MR) is 131 cm³/mol. The quantitative estimate of drug-likeness (QED) is 0.537. The van der Waals surface area contributed by atoms with Gasteiger partial charge >= 0.3 is 0 Å². The molecule has 4 amide bonds. The van der Waals surface area contributed by atoms with E-state index in [1.807, 2.05) is 0 Å². The topological polar surface area (TPSA) is 74.8 Å². The first-order valence-corrected chi connectivity index (χ1v) is 14.8. The number of imide groups is 2. The summed E-state index contributed by atoms with van der Waals surface area (Å²) in [6.45, 7) is 0. The summed E-state index contributed by atoms with van der Waals surface area (Å²) in [4.78, 5) is 55.3. The molecular formula is C29H42N2O4. The van der Waals surface area contributed by atoms with Gasteiger partial charge in [-0.2, -0.15) is 0 Å². The molecule has 192 valence electrons. The van der Waals surface area contributed by atoms with E-state index in [1.54, 1.807) is 9.80 Å². The summed E-state index contributed by atoms with van der Waals surface area (Å²) in [5.41, 5.74) is 0. The molecule has 6 fully saturated rings. The number of hydrogen-bond acceptors (Lipinski definition) is 4. The van der Waals surface area contributed by atoms with Crippen molar-refractivity contribution in [2.24, 2.45) is 35.5 Å². The Labute approximate surface area is 209 Å². The highest BCUT2D eigenvalue weighted by atomic mass is 16.2. The largest absolute Gasteiger partial charge is 0.279 e. The molecule has 0 radical (unpaired) electrons. The van der Waals surface area contributed by atoms with Gasteiger partial charge in [0.2, 0.25) is 23.6 Å². The Morgan fingerprint density at radius 2 is 0.714 bits per heavy atom. The lowest BCUT2D eigenvalue weighted by molar-refractivity contribution is -0.145. The van der Waals surface area contributed by atoms with E-state index >= 15 is 0 Å². The Hall–Kier alpha value is -1.72. The van der Waals surface area contributed by atoms with Crippen LogP contribution in [-0.4, -0.2) is 45.5 Å².